The van der Waals surface area contributed by atoms with Gasteiger partial charge in [-0.25, -0.2) is 18.4 Å². The number of fused-ring (bicyclic) bond motifs is 2. The van der Waals surface area contributed by atoms with E-state index in [1.165, 1.54) is 12.6 Å². The molecular formula is C25H23N5O2S2. The summed E-state index contributed by atoms with van der Waals surface area (Å²) in [7, 11) is -3.33. The first kappa shape index (κ1) is 22.5. The largest absolute Gasteiger partial charge is 0.261 e. The first-order valence-corrected chi connectivity index (χ1v) is 13.6. The van der Waals surface area contributed by atoms with Gasteiger partial charge in [0.2, 0.25) is 0 Å². The molecule has 0 atom stereocenters. The molecule has 0 fully saturated rings. The molecule has 9 heteroatoms. The second-order valence-electron chi connectivity index (χ2n) is 8.68. The summed E-state index contributed by atoms with van der Waals surface area (Å²) >= 11 is 1.62. The highest BCUT2D eigenvalue weighted by Gasteiger charge is 2.33. The Bertz CT molecular complexity index is 1630. The maximum atomic E-state index is 12.5. The number of thioether (sulfide) groups is 1. The molecule has 0 radical (unpaired) electrons. The van der Waals surface area contributed by atoms with E-state index in [0.29, 0.717) is 11.4 Å². The number of benzene rings is 2. The molecule has 0 spiro atoms. The first-order valence-electron chi connectivity index (χ1n) is 10.7. The third-order valence-corrected chi connectivity index (χ3v) is 9.32. The number of nitrogens with zero attached hydrogens (tertiary/aromatic N) is 4. The van der Waals surface area contributed by atoms with E-state index in [0.717, 1.165) is 43.6 Å². The minimum absolute atomic E-state index is 0.713. The van der Waals surface area contributed by atoms with Gasteiger partial charge in [-0.15, -0.1) is 11.8 Å². The van der Waals surface area contributed by atoms with Crippen LogP contribution in [0.4, 0.5) is 0 Å². The fraction of sp³-hybridized carbons (Fsp3) is 0.200. The molecule has 0 amide bonds. The summed E-state index contributed by atoms with van der Waals surface area (Å²) in [5, 5.41) is 9.60. The molecule has 1 N–H and O–H groups in total. The SMILES string of the molecule is CC(C)(c1cc(-c2cccc(CSc3ncnc4[nH]ncc34)c2)c2ncccc2c1)S(C)(=O)=O. The van der Waals surface area contributed by atoms with Gasteiger partial charge in [0.15, 0.2) is 15.5 Å². The van der Waals surface area contributed by atoms with E-state index >= 15 is 0 Å². The van der Waals surface area contributed by atoms with E-state index in [1.54, 1.807) is 38.0 Å². The Hall–Kier alpha value is -3.30. The lowest BCUT2D eigenvalue weighted by atomic mass is 9.93. The van der Waals surface area contributed by atoms with Gasteiger partial charge in [-0.2, -0.15) is 5.10 Å². The highest BCUT2D eigenvalue weighted by atomic mass is 32.2. The van der Waals surface area contributed by atoms with Crippen molar-refractivity contribution in [3.05, 3.63) is 78.4 Å². The Kier molecular flexibility index (Phi) is 5.61. The summed E-state index contributed by atoms with van der Waals surface area (Å²) in [6.45, 7) is 3.49. The number of nitrogens with one attached hydrogen (secondary N) is 1. The highest BCUT2D eigenvalue weighted by Crippen LogP contribution is 2.37. The third kappa shape index (κ3) is 4.05. The fourth-order valence-corrected chi connectivity index (χ4v) is 5.27. The van der Waals surface area contributed by atoms with Crippen LogP contribution in [0.3, 0.4) is 0 Å². The van der Waals surface area contributed by atoms with Crippen molar-refractivity contribution in [2.24, 2.45) is 0 Å². The van der Waals surface area contributed by atoms with Gasteiger partial charge in [-0.05, 0) is 48.7 Å². The number of H-pyrrole nitrogens is 1. The summed E-state index contributed by atoms with van der Waals surface area (Å²) in [4.78, 5) is 13.2. The Morgan fingerprint density at radius 3 is 2.71 bits per heavy atom. The van der Waals surface area contributed by atoms with Crippen LogP contribution >= 0.6 is 11.8 Å². The second-order valence-corrected chi connectivity index (χ2v) is 12.2. The standard InChI is InChI=1S/C25H23N5O2S2/c1-25(2,34(3,31)32)19-11-18-8-5-9-26-22(18)20(12-19)17-7-4-6-16(10-17)14-33-24-21-13-29-30-23(21)27-15-28-24/h4-13,15H,14H2,1-3H3,(H,27,28,29,30). The monoisotopic (exact) mass is 489 g/mol. The van der Waals surface area contributed by atoms with Crippen LogP contribution in [0.1, 0.15) is 25.0 Å². The predicted molar refractivity (Wildman–Crippen MR) is 136 cm³/mol. The molecule has 0 unspecified atom stereocenters. The molecule has 5 aromatic rings. The maximum Gasteiger partial charge on any atom is 0.159 e. The molecule has 3 heterocycles. The molecule has 3 aromatic heterocycles. The number of pyridine rings is 1. The zero-order chi connectivity index (χ0) is 23.9. The summed E-state index contributed by atoms with van der Waals surface area (Å²) in [5.74, 6) is 0.713. The number of hydrogen-bond acceptors (Lipinski definition) is 7. The summed E-state index contributed by atoms with van der Waals surface area (Å²) < 4.78 is 24.1. The lowest BCUT2D eigenvalue weighted by molar-refractivity contribution is 0.561. The molecule has 7 nitrogen and oxygen atoms in total. The average molecular weight is 490 g/mol. The average Bonchev–Trinajstić information content (AvgIpc) is 3.31. The van der Waals surface area contributed by atoms with Crippen LogP contribution < -0.4 is 0 Å². The normalized spacial score (nSPS) is 12.4. The van der Waals surface area contributed by atoms with Crippen LogP contribution in [0.2, 0.25) is 0 Å². The summed E-state index contributed by atoms with van der Waals surface area (Å²) in [6.07, 6.45) is 6.31. The number of hydrogen-bond donors (Lipinski definition) is 1. The van der Waals surface area contributed by atoms with E-state index in [2.05, 4.69) is 37.3 Å². The van der Waals surface area contributed by atoms with E-state index < -0.39 is 14.6 Å². The first-order chi connectivity index (χ1) is 16.2. The zero-order valence-electron chi connectivity index (χ0n) is 19.0. The lowest BCUT2D eigenvalue weighted by Gasteiger charge is -2.24. The van der Waals surface area contributed by atoms with Crippen LogP contribution in [0.15, 0.2) is 72.3 Å². The molecule has 5 rings (SSSR count). The molecule has 0 aliphatic rings. The van der Waals surface area contributed by atoms with Crippen LogP contribution in [-0.4, -0.2) is 39.8 Å². The van der Waals surface area contributed by atoms with E-state index in [4.69, 9.17) is 0 Å². The molecule has 172 valence electrons. The minimum Gasteiger partial charge on any atom is -0.261 e. The van der Waals surface area contributed by atoms with Crippen molar-refractivity contribution in [2.75, 3.05) is 6.26 Å². The van der Waals surface area contributed by atoms with Crippen molar-refractivity contribution in [1.82, 2.24) is 25.1 Å². The molecule has 0 bridgehead atoms. The molecular weight excluding hydrogens is 466 g/mol. The van der Waals surface area contributed by atoms with Gasteiger partial charge in [-0.3, -0.25) is 10.1 Å². The van der Waals surface area contributed by atoms with E-state index in [9.17, 15) is 8.42 Å². The van der Waals surface area contributed by atoms with Crippen molar-refractivity contribution in [2.45, 2.75) is 29.4 Å². The topological polar surface area (TPSA) is 101 Å². The Morgan fingerprint density at radius 2 is 1.88 bits per heavy atom. The van der Waals surface area contributed by atoms with Crippen LogP contribution in [0, 0.1) is 0 Å². The maximum absolute atomic E-state index is 12.5. The van der Waals surface area contributed by atoms with Gasteiger partial charge < -0.3 is 0 Å². The molecule has 2 aromatic carbocycles. The van der Waals surface area contributed by atoms with Gasteiger partial charge in [0, 0.05) is 29.2 Å². The second kappa shape index (κ2) is 8.48. The Labute approximate surface area is 202 Å². The van der Waals surface area contributed by atoms with Crippen LogP contribution in [-0.2, 0) is 20.3 Å². The molecule has 0 aliphatic carbocycles. The van der Waals surface area contributed by atoms with Gasteiger partial charge in [0.1, 0.15) is 11.4 Å². The van der Waals surface area contributed by atoms with Crippen molar-refractivity contribution >= 4 is 43.5 Å². The van der Waals surface area contributed by atoms with Gasteiger partial charge in [0.25, 0.3) is 0 Å². The number of rotatable bonds is 6. The fourth-order valence-electron chi connectivity index (χ4n) is 3.81. The number of sulfone groups is 1. The van der Waals surface area contributed by atoms with Crippen LogP contribution in [0.5, 0.6) is 0 Å². The van der Waals surface area contributed by atoms with Crippen molar-refractivity contribution in [3.8, 4) is 11.1 Å². The molecule has 0 saturated heterocycles. The van der Waals surface area contributed by atoms with Gasteiger partial charge >= 0.3 is 0 Å². The van der Waals surface area contributed by atoms with E-state index in [-0.39, 0.29) is 0 Å². The van der Waals surface area contributed by atoms with Crippen LogP contribution in [0.25, 0.3) is 33.1 Å². The Morgan fingerprint density at radius 1 is 1.03 bits per heavy atom. The minimum atomic E-state index is -3.33. The smallest absolute Gasteiger partial charge is 0.159 e. The molecule has 34 heavy (non-hydrogen) atoms. The lowest BCUT2D eigenvalue weighted by Crippen LogP contribution is -2.28. The predicted octanol–water partition coefficient (Wildman–Crippen LogP) is 5.14. The highest BCUT2D eigenvalue weighted by molar-refractivity contribution is 7.98. The van der Waals surface area contributed by atoms with Crippen molar-refractivity contribution < 1.29 is 8.42 Å². The third-order valence-electron chi connectivity index (χ3n) is 6.15. The summed E-state index contributed by atoms with van der Waals surface area (Å²) in [6, 6.07) is 16.0. The van der Waals surface area contributed by atoms with Gasteiger partial charge in [0.05, 0.1) is 21.8 Å². The molecule has 0 saturated carbocycles. The number of aromatic nitrogens is 5. The van der Waals surface area contributed by atoms with Crippen molar-refractivity contribution in [3.63, 3.8) is 0 Å². The van der Waals surface area contributed by atoms with Crippen molar-refractivity contribution in [1.29, 1.82) is 0 Å². The van der Waals surface area contributed by atoms with E-state index in [1.807, 2.05) is 36.4 Å². The Balaban J connectivity index is 1.55. The zero-order valence-corrected chi connectivity index (χ0v) is 20.6. The number of aromatic amines is 1. The quantitative estimate of drug-likeness (QED) is 0.260. The molecule has 0 aliphatic heterocycles. The summed E-state index contributed by atoms with van der Waals surface area (Å²) in [5.41, 5.74) is 5.33. The van der Waals surface area contributed by atoms with Gasteiger partial charge in [-0.1, -0.05) is 30.3 Å².